The molecule has 3 amide bonds. The maximum atomic E-state index is 13.6. The van der Waals surface area contributed by atoms with E-state index in [2.05, 4.69) is 17.1 Å². The number of carbonyl (C=O) groups excluding carboxylic acids is 3. The van der Waals surface area contributed by atoms with E-state index < -0.39 is 0 Å². The van der Waals surface area contributed by atoms with Crippen molar-refractivity contribution in [1.29, 1.82) is 0 Å². The minimum atomic E-state index is -0.205. The minimum absolute atomic E-state index is 0.00688. The fourth-order valence-corrected chi connectivity index (χ4v) is 5.69. The van der Waals surface area contributed by atoms with Gasteiger partial charge in [-0.1, -0.05) is 55.0 Å². The van der Waals surface area contributed by atoms with E-state index in [9.17, 15) is 14.4 Å². The highest BCUT2D eigenvalue weighted by molar-refractivity contribution is 6.06. The van der Waals surface area contributed by atoms with Crippen molar-refractivity contribution >= 4 is 29.1 Å². The molecule has 0 aliphatic carbocycles. The maximum Gasteiger partial charge on any atom is 0.256 e. The number of amides is 3. The first-order valence-electron chi connectivity index (χ1n) is 14.3. The summed E-state index contributed by atoms with van der Waals surface area (Å²) < 4.78 is 0. The van der Waals surface area contributed by atoms with Crippen LogP contribution in [0.1, 0.15) is 63.9 Å². The molecule has 0 unspecified atom stereocenters. The van der Waals surface area contributed by atoms with Crippen LogP contribution in [-0.2, 0) is 4.79 Å². The lowest BCUT2D eigenvalue weighted by molar-refractivity contribution is -0.133. The molecule has 2 heterocycles. The molecule has 3 aromatic rings. The van der Waals surface area contributed by atoms with Crippen LogP contribution < -0.4 is 10.2 Å². The number of anilines is 2. The zero-order chi connectivity index (χ0) is 28.1. The van der Waals surface area contributed by atoms with Gasteiger partial charge in [0.05, 0.1) is 11.5 Å². The van der Waals surface area contributed by atoms with Crippen molar-refractivity contribution in [3.63, 3.8) is 0 Å². The van der Waals surface area contributed by atoms with E-state index in [1.165, 1.54) is 0 Å². The molecule has 1 atom stereocenters. The van der Waals surface area contributed by atoms with Crippen molar-refractivity contribution in [2.24, 2.45) is 0 Å². The standard InChI is InChI=1S/C33H38N4O3/c1-3-28(25-9-5-4-6-10-25)32(39)37-21-19-35(20-22-37)30-16-15-27(23-29(30)33(40)36-17-7-8-18-36)34-31(38)26-13-11-24(2)12-14-26/h4-6,9-16,23,28H,3,7-8,17-22H2,1-2H3,(H,34,38)/t28-/m0/s1. The summed E-state index contributed by atoms with van der Waals surface area (Å²) in [5, 5.41) is 2.97. The molecule has 2 fully saturated rings. The number of benzene rings is 3. The third kappa shape index (κ3) is 6.03. The maximum absolute atomic E-state index is 13.6. The number of hydrogen-bond donors (Lipinski definition) is 1. The smallest absolute Gasteiger partial charge is 0.256 e. The van der Waals surface area contributed by atoms with Crippen molar-refractivity contribution in [2.75, 3.05) is 49.5 Å². The van der Waals surface area contributed by atoms with Gasteiger partial charge in [0.2, 0.25) is 5.91 Å². The molecule has 0 saturated carbocycles. The van der Waals surface area contributed by atoms with Crippen LogP contribution in [0.5, 0.6) is 0 Å². The van der Waals surface area contributed by atoms with Gasteiger partial charge in [0.1, 0.15) is 0 Å². The monoisotopic (exact) mass is 538 g/mol. The van der Waals surface area contributed by atoms with E-state index in [-0.39, 0.29) is 23.6 Å². The predicted octanol–water partition coefficient (Wildman–Crippen LogP) is 5.33. The van der Waals surface area contributed by atoms with Crippen molar-refractivity contribution in [3.05, 3.63) is 95.1 Å². The summed E-state index contributed by atoms with van der Waals surface area (Å²) in [5.41, 5.74) is 4.76. The molecule has 0 bridgehead atoms. The lowest BCUT2D eigenvalue weighted by Gasteiger charge is -2.38. The van der Waals surface area contributed by atoms with Crippen LogP contribution in [0.3, 0.4) is 0 Å². The van der Waals surface area contributed by atoms with E-state index in [1.54, 1.807) is 12.1 Å². The second kappa shape index (κ2) is 12.4. The molecule has 0 spiro atoms. The van der Waals surface area contributed by atoms with Gasteiger partial charge in [-0.25, -0.2) is 0 Å². The molecule has 2 saturated heterocycles. The first kappa shape index (κ1) is 27.4. The second-order valence-electron chi connectivity index (χ2n) is 10.7. The number of carbonyl (C=O) groups is 3. The SMILES string of the molecule is CC[C@H](C(=O)N1CCN(c2ccc(NC(=O)c3ccc(C)cc3)cc2C(=O)N2CCCC2)CC1)c1ccccc1. The minimum Gasteiger partial charge on any atom is -0.367 e. The summed E-state index contributed by atoms with van der Waals surface area (Å²) in [6.07, 6.45) is 2.77. The van der Waals surface area contributed by atoms with Crippen molar-refractivity contribution < 1.29 is 14.4 Å². The fraction of sp³-hybridized carbons (Fsp3) is 0.364. The van der Waals surface area contributed by atoms with Crippen LogP contribution in [0.15, 0.2) is 72.8 Å². The molecule has 5 rings (SSSR count). The number of hydrogen-bond acceptors (Lipinski definition) is 4. The molecule has 0 radical (unpaired) electrons. The Balaban J connectivity index is 1.33. The van der Waals surface area contributed by atoms with Gasteiger partial charge in [0.15, 0.2) is 0 Å². The fourth-order valence-electron chi connectivity index (χ4n) is 5.69. The highest BCUT2D eigenvalue weighted by atomic mass is 16.2. The van der Waals surface area contributed by atoms with Crippen molar-refractivity contribution in [1.82, 2.24) is 9.80 Å². The molecule has 40 heavy (non-hydrogen) atoms. The first-order chi connectivity index (χ1) is 19.4. The second-order valence-corrected chi connectivity index (χ2v) is 10.7. The molecule has 7 nitrogen and oxygen atoms in total. The zero-order valence-corrected chi connectivity index (χ0v) is 23.4. The third-order valence-electron chi connectivity index (χ3n) is 8.03. The summed E-state index contributed by atoms with van der Waals surface area (Å²) >= 11 is 0. The Kier molecular flexibility index (Phi) is 8.48. The van der Waals surface area contributed by atoms with Gasteiger partial charge < -0.3 is 20.0 Å². The average Bonchev–Trinajstić information content (AvgIpc) is 3.53. The Morgan fingerprint density at radius 3 is 2.12 bits per heavy atom. The summed E-state index contributed by atoms with van der Waals surface area (Å²) in [5.74, 6) is -0.191. The largest absolute Gasteiger partial charge is 0.367 e. The number of nitrogens with one attached hydrogen (secondary N) is 1. The Bertz CT molecular complexity index is 1340. The molecule has 208 valence electrons. The Hall–Kier alpha value is -4.13. The molecule has 3 aromatic carbocycles. The predicted molar refractivity (Wildman–Crippen MR) is 159 cm³/mol. The van der Waals surface area contributed by atoms with Crippen LogP contribution in [0.2, 0.25) is 0 Å². The average molecular weight is 539 g/mol. The number of likely N-dealkylation sites (tertiary alicyclic amines) is 1. The Morgan fingerprint density at radius 2 is 1.48 bits per heavy atom. The Labute approximate surface area is 236 Å². The topological polar surface area (TPSA) is 73.0 Å². The van der Waals surface area contributed by atoms with Gasteiger partial charge in [-0.3, -0.25) is 14.4 Å². The van der Waals surface area contributed by atoms with Crippen LogP contribution in [-0.4, -0.2) is 66.8 Å². The van der Waals surface area contributed by atoms with Gasteiger partial charge in [0.25, 0.3) is 11.8 Å². The van der Waals surface area contributed by atoms with Gasteiger partial charge in [-0.2, -0.15) is 0 Å². The molecule has 7 heteroatoms. The number of aryl methyl sites for hydroxylation is 1. The van der Waals surface area contributed by atoms with Crippen molar-refractivity contribution in [2.45, 2.75) is 39.0 Å². The highest BCUT2D eigenvalue weighted by Crippen LogP contribution is 2.29. The number of rotatable bonds is 7. The zero-order valence-electron chi connectivity index (χ0n) is 23.4. The molecular formula is C33H38N4O3. The summed E-state index contributed by atoms with van der Waals surface area (Å²) in [6, 6.07) is 23.0. The van der Waals surface area contributed by atoms with E-state index in [1.807, 2.05) is 77.4 Å². The van der Waals surface area contributed by atoms with E-state index in [0.717, 1.165) is 49.2 Å². The lowest BCUT2D eigenvalue weighted by Crippen LogP contribution is -2.50. The summed E-state index contributed by atoms with van der Waals surface area (Å²) in [7, 11) is 0. The summed E-state index contributed by atoms with van der Waals surface area (Å²) in [4.78, 5) is 46.0. The Morgan fingerprint density at radius 1 is 0.800 bits per heavy atom. The van der Waals surface area contributed by atoms with Crippen LogP contribution in [0.25, 0.3) is 0 Å². The third-order valence-corrected chi connectivity index (χ3v) is 8.03. The molecular weight excluding hydrogens is 500 g/mol. The van der Waals surface area contributed by atoms with Crippen LogP contribution in [0, 0.1) is 6.92 Å². The molecule has 1 N–H and O–H groups in total. The highest BCUT2D eigenvalue weighted by Gasteiger charge is 2.30. The number of nitrogens with zero attached hydrogens (tertiary/aromatic N) is 3. The molecule has 2 aliphatic heterocycles. The quantitative estimate of drug-likeness (QED) is 0.442. The van der Waals surface area contributed by atoms with Gasteiger partial charge in [-0.15, -0.1) is 0 Å². The molecule has 2 aliphatic rings. The first-order valence-corrected chi connectivity index (χ1v) is 14.3. The van der Waals surface area contributed by atoms with Gasteiger partial charge in [-0.05, 0) is 62.1 Å². The number of piperazine rings is 1. The van der Waals surface area contributed by atoms with Crippen LogP contribution >= 0.6 is 0 Å². The molecule has 0 aromatic heterocycles. The van der Waals surface area contributed by atoms with Gasteiger partial charge >= 0.3 is 0 Å². The van der Waals surface area contributed by atoms with E-state index >= 15 is 0 Å². The van der Waals surface area contributed by atoms with Gasteiger partial charge in [0, 0.05) is 56.2 Å². The normalized spacial score (nSPS) is 16.1. The van der Waals surface area contributed by atoms with E-state index in [0.29, 0.717) is 43.0 Å². The van der Waals surface area contributed by atoms with Crippen molar-refractivity contribution in [3.8, 4) is 0 Å². The van der Waals surface area contributed by atoms with Crippen LogP contribution in [0.4, 0.5) is 11.4 Å². The summed E-state index contributed by atoms with van der Waals surface area (Å²) in [6.45, 7) is 8.03. The van der Waals surface area contributed by atoms with E-state index in [4.69, 9.17) is 0 Å². The lowest BCUT2D eigenvalue weighted by atomic mass is 9.94.